The molecule has 4 heteroatoms. The van der Waals surface area contributed by atoms with E-state index in [1.807, 2.05) is 26.1 Å². The van der Waals surface area contributed by atoms with Gasteiger partial charge in [-0.05, 0) is 18.4 Å². The summed E-state index contributed by atoms with van der Waals surface area (Å²) in [7, 11) is 1.85. The van der Waals surface area contributed by atoms with Crippen molar-refractivity contribution in [3.05, 3.63) is 47.8 Å². The van der Waals surface area contributed by atoms with E-state index in [-0.39, 0.29) is 0 Å². The van der Waals surface area contributed by atoms with Crippen LogP contribution in [-0.2, 0) is 12.8 Å². The van der Waals surface area contributed by atoms with Crippen molar-refractivity contribution < 1.29 is 4.74 Å². The Morgan fingerprint density at radius 3 is 2.65 bits per heavy atom. The number of rotatable bonds is 7. The van der Waals surface area contributed by atoms with E-state index in [9.17, 15) is 0 Å². The molecule has 0 fully saturated rings. The Morgan fingerprint density at radius 2 is 1.95 bits per heavy atom. The fourth-order valence-corrected chi connectivity index (χ4v) is 1.93. The summed E-state index contributed by atoms with van der Waals surface area (Å²) in [4.78, 5) is 8.72. The topological polar surface area (TPSA) is 47.0 Å². The van der Waals surface area contributed by atoms with Crippen molar-refractivity contribution in [3.8, 4) is 5.88 Å². The van der Waals surface area contributed by atoms with Crippen molar-refractivity contribution in [3.63, 3.8) is 0 Å². The Kier molecular flexibility index (Phi) is 5.35. The number of aromatic nitrogens is 2. The van der Waals surface area contributed by atoms with Crippen molar-refractivity contribution >= 4 is 5.82 Å². The van der Waals surface area contributed by atoms with Crippen LogP contribution in [0.1, 0.15) is 24.7 Å². The molecule has 0 aliphatic heterocycles. The average molecular weight is 271 g/mol. The molecule has 0 bridgehead atoms. The number of ether oxygens (including phenoxy) is 1. The third kappa shape index (κ3) is 4.23. The zero-order chi connectivity index (χ0) is 14.2. The number of benzene rings is 1. The Hall–Kier alpha value is -2.10. The SMILES string of the molecule is CCc1nc(NC)cc(OCCCc2ccccc2)n1. The number of hydrogen-bond donors (Lipinski definition) is 1. The number of aryl methyl sites for hydroxylation is 2. The lowest BCUT2D eigenvalue weighted by Crippen LogP contribution is -2.05. The summed E-state index contributed by atoms with van der Waals surface area (Å²) in [6.07, 6.45) is 2.80. The molecule has 0 atom stereocenters. The molecule has 0 saturated heterocycles. The molecular formula is C16H21N3O. The third-order valence-electron chi connectivity index (χ3n) is 3.02. The summed E-state index contributed by atoms with van der Waals surface area (Å²) < 4.78 is 5.72. The normalized spacial score (nSPS) is 10.3. The van der Waals surface area contributed by atoms with E-state index in [2.05, 4.69) is 39.6 Å². The smallest absolute Gasteiger partial charge is 0.218 e. The van der Waals surface area contributed by atoms with E-state index < -0.39 is 0 Å². The van der Waals surface area contributed by atoms with Gasteiger partial charge < -0.3 is 10.1 Å². The van der Waals surface area contributed by atoms with Crippen LogP contribution in [0.3, 0.4) is 0 Å². The summed E-state index contributed by atoms with van der Waals surface area (Å²) >= 11 is 0. The zero-order valence-electron chi connectivity index (χ0n) is 12.1. The molecule has 0 aliphatic carbocycles. The van der Waals surface area contributed by atoms with Crippen molar-refractivity contribution in [2.75, 3.05) is 19.0 Å². The molecular weight excluding hydrogens is 250 g/mol. The first-order valence-corrected chi connectivity index (χ1v) is 7.04. The molecule has 1 N–H and O–H groups in total. The van der Waals surface area contributed by atoms with Crippen molar-refractivity contribution in [1.82, 2.24) is 9.97 Å². The largest absolute Gasteiger partial charge is 0.478 e. The summed E-state index contributed by atoms with van der Waals surface area (Å²) in [5.74, 6) is 2.25. The quantitative estimate of drug-likeness (QED) is 0.786. The van der Waals surface area contributed by atoms with Crippen LogP contribution in [0.25, 0.3) is 0 Å². The fraction of sp³-hybridized carbons (Fsp3) is 0.375. The molecule has 20 heavy (non-hydrogen) atoms. The first kappa shape index (κ1) is 14.3. The maximum atomic E-state index is 5.72. The Balaban J connectivity index is 1.84. The minimum atomic E-state index is 0.647. The lowest BCUT2D eigenvalue weighted by atomic mass is 10.1. The summed E-state index contributed by atoms with van der Waals surface area (Å²) in [5.41, 5.74) is 1.34. The van der Waals surface area contributed by atoms with E-state index in [4.69, 9.17) is 4.74 Å². The van der Waals surface area contributed by atoms with Gasteiger partial charge in [-0.25, -0.2) is 4.98 Å². The van der Waals surface area contributed by atoms with Gasteiger partial charge in [-0.1, -0.05) is 37.3 Å². The average Bonchev–Trinajstić information content (AvgIpc) is 2.52. The number of nitrogens with one attached hydrogen (secondary N) is 1. The third-order valence-corrected chi connectivity index (χ3v) is 3.02. The van der Waals surface area contributed by atoms with E-state index in [1.54, 1.807) is 0 Å². The van der Waals surface area contributed by atoms with Crippen molar-refractivity contribution in [2.45, 2.75) is 26.2 Å². The van der Waals surface area contributed by atoms with Gasteiger partial charge in [0.05, 0.1) is 6.61 Å². The molecule has 0 spiro atoms. The minimum absolute atomic E-state index is 0.647. The van der Waals surface area contributed by atoms with Crippen LogP contribution in [0.15, 0.2) is 36.4 Å². The maximum Gasteiger partial charge on any atom is 0.218 e. The molecule has 106 valence electrons. The van der Waals surface area contributed by atoms with Gasteiger partial charge in [-0.2, -0.15) is 4.98 Å². The summed E-state index contributed by atoms with van der Waals surface area (Å²) in [5, 5.41) is 3.03. The molecule has 2 aromatic rings. The fourth-order valence-electron chi connectivity index (χ4n) is 1.93. The van der Waals surface area contributed by atoms with Crippen LogP contribution in [0.4, 0.5) is 5.82 Å². The molecule has 0 radical (unpaired) electrons. The Labute approximate surface area is 120 Å². The molecule has 1 aromatic carbocycles. The maximum absolute atomic E-state index is 5.72. The molecule has 0 unspecified atom stereocenters. The lowest BCUT2D eigenvalue weighted by molar-refractivity contribution is 0.298. The zero-order valence-corrected chi connectivity index (χ0v) is 12.1. The molecule has 0 aliphatic rings. The van der Waals surface area contributed by atoms with Gasteiger partial charge in [0.2, 0.25) is 5.88 Å². The molecule has 1 heterocycles. The van der Waals surface area contributed by atoms with Gasteiger partial charge in [0.15, 0.2) is 0 Å². The van der Waals surface area contributed by atoms with Crippen LogP contribution in [0.2, 0.25) is 0 Å². The van der Waals surface area contributed by atoms with Crippen molar-refractivity contribution in [2.24, 2.45) is 0 Å². The second kappa shape index (κ2) is 7.48. The van der Waals surface area contributed by atoms with Gasteiger partial charge in [0, 0.05) is 19.5 Å². The summed E-state index contributed by atoms with van der Waals surface area (Å²) in [6.45, 7) is 2.70. The monoisotopic (exact) mass is 271 g/mol. The van der Waals surface area contributed by atoms with E-state index in [0.717, 1.165) is 30.9 Å². The van der Waals surface area contributed by atoms with E-state index >= 15 is 0 Å². The van der Waals surface area contributed by atoms with E-state index in [1.165, 1.54) is 5.56 Å². The first-order chi connectivity index (χ1) is 9.81. The number of anilines is 1. The van der Waals surface area contributed by atoms with E-state index in [0.29, 0.717) is 12.5 Å². The van der Waals surface area contributed by atoms with Crippen LogP contribution < -0.4 is 10.1 Å². The van der Waals surface area contributed by atoms with Gasteiger partial charge in [-0.15, -0.1) is 0 Å². The Bertz CT molecular complexity index is 506. The second-order valence-electron chi connectivity index (χ2n) is 4.55. The predicted octanol–water partition coefficient (Wildman–Crippen LogP) is 3.09. The first-order valence-electron chi connectivity index (χ1n) is 7.04. The highest BCUT2D eigenvalue weighted by molar-refractivity contribution is 5.37. The highest BCUT2D eigenvalue weighted by atomic mass is 16.5. The minimum Gasteiger partial charge on any atom is -0.478 e. The highest BCUT2D eigenvalue weighted by Crippen LogP contribution is 2.14. The second-order valence-corrected chi connectivity index (χ2v) is 4.55. The summed E-state index contributed by atoms with van der Waals surface area (Å²) in [6, 6.07) is 12.3. The Morgan fingerprint density at radius 1 is 1.15 bits per heavy atom. The molecule has 2 rings (SSSR count). The van der Waals surface area contributed by atoms with Gasteiger partial charge in [0.25, 0.3) is 0 Å². The molecule has 4 nitrogen and oxygen atoms in total. The van der Waals surface area contributed by atoms with Crippen LogP contribution in [0, 0.1) is 0 Å². The van der Waals surface area contributed by atoms with Gasteiger partial charge in [-0.3, -0.25) is 0 Å². The van der Waals surface area contributed by atoms with Gasteiger partial charge >= 0.3 is 0 Å². The standard InChI is InChI=1S/C16H21N3O/c1-3-14-18-15(17-2)12-16(19-14)20-11-7-10-13-8-5-4-6-9-13/h4-6,8-9,12H,3,7,10-11H2,1-2H3,(H,17,18,19). The van der Waals surface area contributed by atoms with Crippen LogP contribution in [0.5, 0.6) is 5.88 Å². The van der Waals surface area contributed by atoms with Crippen LogP contribution in [-0.4, -0.2) is 23.6 Å². The number of nitrogens with zero attached hydrogens (tertiary/aromatic N) is 2. The van der Waals surface area contributed by atoms with Crippen molar-refractivity contribution in [1.29, 1.82) is 0 Å². The predicted molar refractivity (Wildman–Crippen MR) is 81.2 cm³/mol. The van der Waals surface area contributed by atoms with Gasteiger partial charge in [0.1, 0.15) is 11.6 Å². The number of hydrogen-bond acceptors (Lipinski definition) is 4. The lowest BCUT2D eigenvalue weighted by Gasteiger charge is -2.08. The van der Waals surface area contributed by atoms with Crippen LogP contribution >= 0.6 is 0 Å². The molecule has 0 saturated carbocycles. The highest BCUT2D eigenvalue weighted by Gasteiger charge is 2.03. The molecule has 1 aromatic heterocycles. The molecule has 0 amide bonds.